The summed E-state index contributed by atoms with van der Waals surface area (Å²) in [5.41, 5.74) is 0.151. The van der Waals surface area contributed by atoms with Gasteiger partial charge in [0.2, 0.25) is 5.91 Å². The Morgan fingerprint density at radius 1 is 1.39 bits per heavy atom. The topological polar surface area (TPSA) is 56.7 Å². The standard InChI is InChI=1S/C20H26F2N4O.HI/c1-2-23-19(26-8-4-7-20(12-26)10-17(27)24-11-20)25-16-9-13(16)18-14(21)5-3-6-15(18)22;/h3,5-6,13,16H,2,4,7-12H2,1H3,(H,23,25)(H,24,27);1H. The van der Waals surface area contributed by atoms with Crippen LogP contribution in [0.5, 0.6) is 0 Å². The van der Waals surface area contributed by atoms with Gasteiger partial charge in [0.25, 0.3) is 0 Å². The molecule has 0 aromatic heterocycles. The Hall–Kier alpha value is -1.45. The molecule has 5 nitrogen and oxygen atoms in total. The number of guanidine groups is 1. The zero-order chi connectivity index (χ0) is 19.0. The lowest BCUT2D eigenvalue weighted by atomic mass is 9.79. The molecule has 3 atom stereocenters. The largest absolute Gasteiger partial charge is 0.355 e. The van der Waals surface area contributed by atoms with Gasteiger partial charge >= 0.3 is 0 Å². The first-order chi connectivity index (χ1) is 13.0. The predicted octanol–water partition coefficient (Wildman–Crippen LogP) is 3.01. The number of halogens is 3. The highest BCUT2D eigenvalue weighted by atomic mass is 127. The van der Waals surface area contributed by atoms with Crippen LogP contribution in [-0.4, -0.2) is 49.0 Å². The van der Waals surface area contributed by atoms with Gasteiger partial charge in [-0.05, 0) is 38.3 Å². The molecule has 1 spiro atoms. The normalized spacial score (nSPS) is 29.5. The van der Waals surface area contributed by atoms with Crippen molar-refractivity contribution in [1.29, 1.82) is 0 Å². The molecule has 4 rings (SSSR count). The van der Waals surface area contributed by atoms with E-state index < -0.39 is 11.6 Å². The molecule has 0 radical (unpaired) electrons. The Balaban J connectivity index is 0.00000225. The number of benzene rings is 1. The molecule has 2 N–H and O–H groups in total. The predicted molar refractivity (Wildman–Crippen MR) is 115 cm³/mol. The van der Waals surface area contributed by atoms with Crippen LogP contribution in [0.15, 0.2) is 23.2 Å². The lowest BCUT2D eigenvalue weighted by Gasteiger charge is -2.41. The van der Waals surface area contributed by atoms with E-state index in [0.717, 1.165) is 31.9 Å². The smallest absolute Gasteiger partial charge is 0.220 e. The number of aliphatic imine (C=N–C) groups is 1. The Labute approximate surface area is 181 Å². The zero-order valence-electron chi connectivity index (χ0n) is 16.0. The second kappa shape index (κ2) is 8.51. The molecule has 3 aliphatic rings. The van der Waals surface area contributed by atoms with Crippen LogP contribution in [0.1, 0.15) is 44.1 Å². The monoisotopic (exact) mass is 504 g/mol. The highest BCUT2D eigenvalue weighted by molar-refractivity contribution is 14.0. The molecular formula is C20H27F2IN4O. The number of nitrogens with one attached hydrogen (secondary N) is 2. The molecular weight excluding hydrogens is 477 g/mol. The van der Waals surface area contributed by atoms with Crippen molar-refractivity contribution in [2.75, 3.05) is 26.2 Å². The third-order valence-electron chi connectivity index (χ3n) is 5.94. The van der Waals surface area contributed by atoms with E-state index in [1.54, 1.807) is 0 Å². The fourth-order valence-corrected chi connectivity index (χ4v) is 4.52. The summed E-state index contributed by atoms with van der Waals surface area (Å²) in [6.45, 7) is 4.99. The highest BCUT2D eigenvalue weighted by Gasteiger charge is 2.45. The maximum atomic E-state index is 14.0. The minimum absolute atomic E-state index is 0. The Morgan fingerprint density at radius 3 is 2.79 bits per heavy atom. The lowest BCUT2D eigenvalue weighted by molar-refractivity contribution is -0.119. The van der Waals surface area contributed by atoms with Crippen molar-refractivity contribution >= 4 is 35.8 Å². The second-order valence-corrected chi connectivity index (χ2v) is 8.00. The van der Waals surface area contributed by atoms with Crippen LogP contribution in [0.3, 0.4) is 0 Å². The third-order valence-corrected chi connectivity index (χ3v) is 5.94. The molecule has 8 heteroatoms. The van der Waals surface area contributed by atoms with Gasteiger partial charge in [0.05, 0.1) is 0 Å². The Bertz CT molecular complexity index is 754. The summed E-state index contributed by atoms with van der Waals surface area (Å²) in [7, 11) is 0. The van der Waals surface area contributed by atoms with Crippen molar-refractivity contribution in [1.82, 2.24) is 15.5 Å². The molecule has 1 amide bonds. The van der Waals surface area contributed by atoms with Crippen LogP contribution < -0.4 is 10.6 Å². The van der Waals surface area contributed by atoms with E-state index >= 15 is 0 Å². The minimum Gasteiger partial charge on any atom is -0.355 e. The molecule has 3 unspecified atom stereocenters. The molecule has 28 heavy (non-hydrogen) atoms. The summed E-state index contributed by atoms with van der Waals surface area (Å²) in [4.78, 5) is 18.5. The first-order valence-electron chi connectivity index (χ1n) is 9.78. The van der Waals surface area contributed by atoms with Gasteiger partial charge < -0.3 is 15.5 Å². The molecule has 2 aliphatic heterocycles. The van der Waals surface area contributed by atoms with Gasteiger partial charge in [0, 0.05) is 55.5 Å². The van der Waals surface area contributed by atoms with E-state index in [9.17, 15) is 13.6 Å². The number of carbonyl (C=O) groups excluding carboxylic acids is 1. The molecule has 0 bridgehead atoms. The first kappa shape index (κ1) is 21.3. The van der Waals surface area contributed by atoms with Crippen LogP contribution in [-0.2, 0) is 4.79 Å². The van der Waals surface area contributed by atoms with Crippen LogP contribution in [0.25, 0.3) is 0 Å². The number of likely N-dealkylation sites (tertiary alicyclic amines) is 1. The fraction of sp³-hybridized carbons (Fsp3) is 0.600. The number of amides is 1. The molecule has 1 aromatic rings. The molecule has 1 saturated carbocycles. The van der Waals surface area contributed by atoms with Crippen LogP contribution >= 0.6 is 24.0 Å². The summed E-state index contributed by atoms with van der Waals surface area (Å²) < 4.78 is 28.1. The number of nitrogens with zero attached hydrogens (tertiary/aromatic N) is 2. The molecule has 154 valence electrons. The van der Waals surface area contributed by atoms with Gasteiger partial charge in [-0.3, -0.25) is 9.79 Å². The van der Waals surface area contributed by atoms with Crippen LogP contribution in [0.2, 0.25) is 0 Å². The zero-order valence-corrected chi connectivity index (χ0v) is 18.3. The summed E-state index contributed by atoms with van der Waals surface area (Å²) >= 11 is 0. The molecule has 2 heterocycles. The van der Waals surface area contributed by atoms with Crippen LogP contribution in [0, 0.1) is 17.0 Å². The van der Waals surface area contributed by atoms with E-state index in [-0.39, 0.29) is 52.8 Å². The van der Waals surface area contributed by atoms with Gasteiger partial charge in [0.1, 0.15) is 11.6 Å². The van der Waals surface area contributed by atoms with E-state index in [2.05, 4.69) is 20.5 Å². The van der Waals surface area contributed by atoms with Gasteiger partial charge in [0.15, 0.2) is 5.96 Å². The van der Waals surface area contributed by atoms with Crippen molar-refractivity contribution in [3.63, 3.8) is 0 Å². The summed E-state index contributed by atoms with van der Waals surface area (Å²) in [6, 6.07) is 4.01. The Kier molecular flexibility index (Phi) is 6.46. The van der Waals surface area contributed by atoms with Crippen molar-refractivity contribution in [2.45, 2.75) is 44.6 Å². The van der Waals surface area contributed by atoms with Crippen molar-refractivity contribution in [3.05, 3.63) is 35.4 Å². The quantitative estimate of drug-likeness (QED) is 0.378. The lowest BCUT2D eigenvalue weighted by Crippen LogP contribution is -2.52. The van der Waals surface area contributed by atoms with Crippen LogP contribution in [0.4, 0.5) is 8.78 Å². The summed E-state index contributed by atoms with van der Waals surface area (Å²) in [5.74, 6) is -0.213. The number of carbonyl (C=O) groups is 1. The van der Waals surface area contributed by atoms with Gasteiger partial charge in [-0.1, -0.05) is 6.07 Å². The van der Waals surface area contributed by atoms with E-state index in [1.165, 1.54) is 18.2 Å². The summed E-state index contributed by atoms with van der Waals surface area (Å²) in [6.07, 6.45) is 3.30. The molecule has 1 aliphatic carbocycles. The van der Waals surface area contributed by atoms with Crippen molar-refractivity contribution in [3.8, 4) is 0 Å². The minimum atomic E-state index is -0.481. The summed E-state index contributed by atoms with van der Waals surface area (Å²) in [5, 5.41) is 6.38. The number of hydrogen-bond donors (Lipinski definition) is 2. The maximum absolute atomic E-state index is 14.0. The van der Waals surface area contributed by atoms with Crippen molar-refractivity contribution < 1.29 is 13.6 Å². The first-order valence-corrected chi connectivity index (χ1v) is 9.78. The van der Waals surface area contributed by atoms with E-state index in [4.69, 9.17) is 0 Å². The SMILES string of the molecule is CCN=C(NC1CC1c1c(F)cccc1F)N1CCCC2(CNC(=O)C2)C1.I. The van der Waals surface area contributed by atoms with Gasteiger partial charge in [-0.15, -0.1) is 24.0 Å². The average Bonchev–Trinajstić information content (AvgIpc) is 3.29. The van der Waals surface area contributed by atoms with Crippen molar-refractivity contribution in [2.24, 2.45) is 10.4 Å². The average molecular weight is 504 g/mol. The highest BCUT2D eigenvalue weighted by Crippen LogP contribution is 2.43. The molecule has 3 fully saturated rings. The maximum Gasteiger partial charge on any atom is 0.220 e. The Morgan fingerprint density at radius 2 is 2.14 bits per heavy atom. The van der Waals surface area contributed by atoms with Gasteiger partial charge in [-0.25, -0.2) is 8.78 Å². The fourth-order valence-electron chi connectivity index (χ4n) is 4.52. The van der Waals surface area contributed by atoms with E-state index in [1.807, 2.05) is 6.92 Å². The number of rotatable bonds is 3. The van der Waals surface area contributed by atoms with Gasteiger partial charge in [-0.2, -0.15) is 0 Å². The number of hydrogen-bond acceptors (Lipinski definition) is 2. The second-order valence-electron chi connectivity index (χ2n) is 8.00. The third kappa shape index (κ3) is 4.26. The van der Waals surface area contributed by atoms with E-state index in [0.29, 0.717) is 25.9 Å². The number of piperidine rings is 1. The molecule has 2 saturated heterocycles. The molecule has 1 aromatic carbocycles.